The van der Waals surface area contributed by atoms with Crippen molar-refractivity contribution in [3.8, 4) is 11.5 Å². The summed E-state index contributed by atoms with van der Waals surface area (Å²) in [5.41, 5.74) is 0.0697. The minimum Gasteiger partial charge on any atom is -0.508 e. The van der Waals surface area contributed by atoms with Crippen LogP contribution < -0.4 is 4.74 Å². The molecule has 5 atom stereocenters. The van der Waals surface area contributed by atoms with Gasteiger partial charge in [0.05, 0.1) is 11.7 Å². The van der Waals surface area contributed by atoms with Crippen molar-refractivity contribution in [3.63, 3.8) is 0 Å². The normalized spacial score (nSPS) is 36.3. The van der Waals surface area contributed by atoms with E-state index in [1.54, 1.807) is 13.0 Å². The molecule has 1 aromatic carbocycles. The number of aromatic hydroxyl groups is 1. The summed E-state index contributed by atoms with van der Waals surface area (Å²) in [7, 11) is 0. The molecule has 3 rings (SSSR count). The van der Waals surface area contributed by atoms with Gasteiger partial charge in [0.25, 0.3) is 0 Å². The quantitative estimate of drug-likeness (QED) is 0.778. The van der Waals surface area contributed by atoms with Crippen LogP contribution in [0.25, 0.3) is 0 Å². The number of aliphatic hydroxyl groups is 2. The lowest BCUT2D eigenvalue weighted by atomic mass is 9.58. The second kappa shape index (κ2) is 6.17. The van der Waals surface area contributed by atoms with Crippen LogP contribution in [0.5, 0.6) is 11.5 Å². The lowest BCUT2D eigenvalue weighted by molar-refractivity contribution is -0.170. The molecule has 140 valence electrons. The third-order valence-corrected chi connectivity index (χ3v) is 6.58. The highest BCUT2D eigenvalue weighted by atomic mass is 16.5. The fraction of sp³-hybridized carbons (Fsp3) is 0.714. The first-order valence-electron chi connectivity index (χ1n) is 9.54. The number of hydrogen-bond donors (Lipinski definition) is 3. The molecular weight excluding hydrogens is 316 g/mol. The molecule has 2 aliphatic rings. The molecule has 1 heterocycles. The van der Waals surface area contributed by atoms with Gasteiger partial charge < -0.3 is 20.1 Å². The highest BCUT2D eigenvalue weighted by molar-refractivity contribution is 5.53. The number of phenolic OH excluding ortho intramolecular Hbond substituents is 1. The molecule has 1 aliphatic carbocycles. The van der Waals surface area contributed by atoms with Gasteiger partial charge in [-0.25, -0.2) is 0 Å². The van der Waals surface area contributed by atoms with Gasteiger partial charge >= 0.3 is 0 Å². The van der Waals surface area contributed by atoms with Crippen LogP contribution in [0.2, 0.25) is 0 Å². The van der Waals surface area contributed by atoms with E-state index in [2.05, 4.69) is 6.92 Å². The zero-order chi connectivity index (χ0) is 18.6. The molecule has 4 nitrogen and oxygen atoms in total. The van der Waals surface area contributed by atoms with Crippen LogP contribution >= 0.6 is 0 Å². The number of phenols is 1. The van der Waals surface area contributed by atoms with Crippen molar-refractivity contribution in [3.05, 3.63) is 23.3 Å². The summed E-state index contributed by atoms with van der Waals surface area (Å²) in [4.78, 5) is 0. The second-order valence-corrected chi connectivity index (χ2v) is 8.78. The molecule has 0 bridgehead atoms. The van der Waals surface area contributed by atoms with Crippen molar-refractivity contribution in [1.29, 1.82) is 0 Å². The molecule has 3 N–H and O–H groups in total. The zero-order valence-electron chi connectivity index (χ0n) is 16.0. The first kappa shape index (κ1) is 18.5. The van der Waals surface area contributed by atoms with Crippen molar-refractivity contribution < 1.29 is 20.1 Å². The summed E-state index contributed by atoms with van der Waals surface area (Å²) in [5, 5.41) is 32.6. The summed E-state index contributed by atoms with van der Waals surface area (Å²) < 4.78 is 6.30. The standard InChI is InChI=1S/C21H32O4/c1-6-7-8-13-10-15(22)18-16(11-13)25-20(3,4)14-9-12(2)21(5,24)19(23)17(14)18/h10-12,14,17,19,22-24H,6-9H2,1-5H3/t12?,14-,17-,19+,21+/m1/s1. The third kappa shape index (κ3) is 2.93. The van der Waals surface area contributed by atoms with Gasteiger partial charge in [-0.05, 0) is 63.6 Å². The van der Waals surface area contributed by atoms with Gasteiger partial charge in [-0.15, -0.1) is 0 Å². The first-order chi connectivity index (χ1) is 11.6. The number of hydrogen-bond acceptors (Lipinski definition) is 4. The maximum Gasteiger partial charge on any atom is 0.127 e. The van der Waals surface area contributed by atoms with E-state index >= 15 is 0 Å². The van der Waals surface area contributed by atoms with E-state index in [4.69, 9.17) is 4.74 Å². The third-order valence-electron chi connectivity index (χ3n) is 6.58. The predicted octanol–water partition coefficient (Wildman–Crippen LogP) is 3.76. The van der Waals surface area contributed by atoms with Gasteiger partial charge in [0, 0.05) is 17.4 Å². The molecule has 0 radical (unpaired) electrons. The molecule has 1 fully saturated rings. The van der Waals surface area contributed by atoms with Crippen LogP contribution in [0.3, 0.4) is 0 Å². The van der Waals surface area contributed by atoms with Crippen LogP contribution in [-0.4, -0.2) is 32.6 Å². The molecule has 1 aliphatic heterocycles. The van der Waals surface area contributed by atoms with Gasteiger partial charge in [0.2, 0.25) is 0 Å². The summed E-state index contributed by atoms with van der Waals surface area (Å²) in [6, 6.07) is 3.80. The van der Waals surface area contributed by atoms with Gasteiger partial charge in [-0.2, -0.15) is 0 Å². The number of fused-ring (bicyclic) bond motifs is 3. The largest absolute Gasteiger partial charge is 0.508 e. The average molecular weight is 348 g/mol. The fourth-order valence-electron chi connectivity index (χ4n) is 4.69. The Labute approximate surface area is 150 Å². The van der Waals surface area contributed by atoms with Gasteiger partial charge in [0.15, 0.2) is 0 Å². The molecular formula is C21H32O4. The topological polar surface area (TPSA) is 69.9 Å². The van der Waals surface area contributed by atoms with Crippen LogP contribution in [-0.2, 0) is 6.42 Å². The Morgan fingerprint density at radius 1 is 1.24 bits per heavy atom. The molecule has 1 saturated carbocycles. The first-order valence-corrected chi connectivity index (χ1v) is 9.54. The smallest absolute Gasteiger partial charge is 0.127 e. The van der Waals surface area contributed by atoms with E-state index in [1.165, 1.54) is 0 Å². The van der Waals surface area contributed by atoms with Gasteiger partial charge in [-0.3, -0.25) is 0 Å². The van der Waals surface area contributed by atoms with Crippen molar-refractivity contribution >= 4 is 0 Å². The van der Waals surface area contributed by atoms with E-state index in [0.29, 0.717) is 11.3 Å². The van der Waals surface area contributed by atoms with Gasteiger partial charge in [0.1, 0.15) is 17.1 Å². The van der Waals surface area contributed by atoms with Gasteiger partial charge in [-0.1, -0.05) is 20.3 Å². The maximum absolute atomic E-state index is 11.0. The summed E-state index contributed by atoms with van der Waals surface area (Å²) in [5.74, 6) is 0.502. The molecule has 0 aromatic heterocycles. The van der Waals surface area contributed by atoms with Crippen LogP contribution in [0.15, 0.2) is 12.1 Å². The number of ether oxygens (including phenoxy) is 1. The molecule has 25 heavy (non-hydrogen) atoms. The highest BCUT2D eigenvalue weighted by Crippen LogP contribution is 2.57. The number of unbranched alkanes of at least 4 members (excludes halogenated alkanes) is 1. The Hall–Kier alpha value is -1.26. The number of benzene rings is 1. The van der Waals surface area contributed by atoms with Crippen molar-refractivity contribution in [2.24, 2.45) is 11.8 Å². The molecule has 1 unspecified atom stereocenters. The van der Waals surface area contributed by atoms with E-state index in [-0.39, 0.29) is 23.5 Å². The summed E-state index contributed by atoms with van der Waals surface area (Å²) in [6.07, 6.45) is 2.86. The van der Waals surface area contributed by atoms with Crippen LogP contribution in [0, 0.1) is 11.8 Å². The van der Waals surface area contributed by atoms with Crippen LogP contribution in [0.4, 0.5) is 0 Å². The monoisotopic (exact) mass is 348 g/mol. The minimum absolute atomic E-state index is 0.0395. The van der Waals surface area contributed by atoms with Crippen LogP contribution in [0.1, 0.15) is 70.9 Å². The summed E-state index contributed by atoms with van der Waals surface area (Å²) >= 11 is 0. The van der Waals surface area contributed by atoms with Crippen molar-refractivity contribution in [2.75, 3.05) is 0 Å². The number of rotatable bonds is 3. The molecule has 1 aromatic rings. The maximum atomic E-state index is 11.0. The molecule has 0 saturated heterocycles. The van der Waals surface area contributed by atoms with E-state index < -0.39 is 17.3 Å². The Bertz CT molecular complexity index is 650. The summed E-state index contributed by atoms with van der Waals surface area (Å²) in [6.45, 7) is 9.90. The molecule has 0 spiro atoms. The number of aliphatic hydroxyl groups excluding tert-OH is 1. The van der Waals surface area contributed by atoms with E-state index in [9.17, 15) is 15.3 Å². The van der Waals surface area contributed by atoms with Crippen molar-refractivity contribution in [1.82, 2.24) is 0 Å². The fourth-order valence-corrected chi connectivity index (χ4v) is 4.69. The van der Waals surface area contributed by atoms with E-state index in [0.717, 1.165) is 31.2 Å². The molecule has 4 heteroatoms. The van der Waals surface area contributed by atoms with Crippen molar-refractivity contribution in [2.45, 2.75) is 83.5 Å². The lowest BCUT2D eigenvalue weighted by Gasteiger charge is -2.55. The minimum atomic E-state index is -1.18. The molecule has 0 amide bonds. The highest BCUT2D eigenvalue weighted by Gasteiger charge is 2.57. The second-order valence-electron chi connectivity index (χ2n) is 8.78. The van der Waals surface area contributed by atoms with E-state index in [1.807, 2.05) is 26.8 Å². The Balaban J connectivity index is 2.10. The SMILES string of the molecule is CCCCc1cc(O)c2c(c1)OC(C)(C)[C@@H]1CC(C)[C@](C)(O)[C@@H](O)[C@@H]21. The predicted molar refractivity (Wildman–Crippen MR) is 98.1 cm³/mol. The Kier molecular flexibility index (Phi) is 4.57. The average Bonchev–Trinajstić information content (AvgIpc) is 2.51. The number of aryl methyl sites for hydroxylation is 1. The lowest BCUT2D eigenvalue weighted by Crippen LogP contribution is -2.60. The zero-order valence-corrected chi connectivity index (χ0v) is 16.0. The Morgan fingerprint density at radius 2 is 1.92 bits per heavy atom. The Morgan fingerprint density at radius 3 is 2.56 bits per heavy atom.